The molecule has 7 aromatic carbocycles. The highest BCUT2D eigenvalue weighted by atomic mass is 32.1. The van der Waals surface area contributed by atoms with E-state index in [1.54, 1.807) is 0 Å². The van der Waals surface area contributed by atoms with Gasteiger partial charge < -0.3 is 0 Å². The Morgan fingerprint density at radius 1 is 0.300 bits per heavy atom. The minimum Gasteiger partial charge on any atom is -0.208 e. The van der Waals surface area contributed by atoms with Gasteiger partial charge in [-0.05, 0) is 47.0 Å². The molecule has 3 nitrogen and oxygen atoms in total. The molecular weight excluding hydrogens is 647 g/mol. The molecule has 0 amide bonds. The minimum atomic E-state index is 0.646. The summed E-state index contributed by atoms with van der Waals surface area (Å²) in [6.45, 7) is 0. The molecule has 3 aromatic heterocycles. The highest BCUT2D eigenvalue weighted by Gasteiger charge is 2.18. The summed E-state index contributed by atoms with van der Waals surface area (Å²) in [5.74, 6) is 1.95. The molecule has 10 aromatic rings. The van der Waals surface area contributed by atoms with Crippen molar-refractivity contribution in [2.75, 3.05) is 0 Å². The first-order valence-electron chi connectivity index (χ1n) is 16.6. The van der Waals surface area contributed by atoms with Gasteiger partial charge in [0, 0.05) is 62.6 Å². The van der Waals surface area contributed by atoms with E-state index in [0.717, 1.165) is 27.8 Å². The number of rotatable bonds is 5. The van der Waals surface area contributed by atoms with E-state index >= 15 is 0 Å². The van der Waals surface area contributed by atoms with Crippen LogP contribution in [0.1, 0.15) is 0 Å². The van der Waals surface area contributed by atoms with Crippen molar-refractivity contribution in [1.82, 2.24) is 15.0 Å². The van der Waals surface area contributed by atoms with Gasteiger partial charge >= 0.3 is 0 Å². The van der Waals surface area contributed by atoms with Crippen molar-refractivity contribution in [2.45, 2.75) is 0 Å². The van der Waals surface area contributed by atoms with Crippen LogP contribution in [-0.4, -0.2) is 15.0 Å². The standard InChI is InChI=1S/C45H27N3S2/c1-3-12-28(13-4-1)43-46-44(29-14-5-2-6-15-29)48-45(47-43)31-22-24-32(35-18-11-19-36-33-16-7-10-21-40(33)50-42(35)36)37(27-31)30-23-25-41-38(26-30)34-17-8-9-20-39(34)49-41/h1-27H. The van der Waals surface area contributed by atoms with Crippen molar-refractivity contribution < 1.29 is 0 Å². The summed E-state index contributed by atoms with van der Waals surface area (Å²) in [6, 6.07) is 58.0. The molecule has 0 aliphatic carbocycles. The lowest BCUT2D eigenvalue weighted by atomic mass is 9.91. The van der Waals surface area contributed by atoms with Gasteiger partial charge in [-0.15, -0.1) is 22.7 Å². The Hall–Kier alpha value is -6.01. The second kappa shape index (κ2) is 11.8. The topological polar surface area (TPSA) is 38.7 Å². The predicted octanol–water partition coefficient (Wildman–Crippen LogP) is 12.9. The van der Waals surface area contributed by atoms with Gasteiger partial charge in [-0.1, -0.05) is 133 Å². The van der Waals surface area contributed by atoms with E-state index in [1.165, 1.54) is 51.5 Å². The predicted molar refractivity (Wildman–Crippen MR) is 213 cm³/mol. The van der Waals surface area contributed by atoms with Gasteiger partial charge in [0.25, 0.3) is 0 Å². The number of hydrogen-bond donors (Lipinski definition) is 0. The van der Waals surface area contributed by atoms with Gasteiger partial charge in [-0.3, -0.25) is 0 Å². The fourth-order valence-corrected chi connectivity index (χ4v) is 9.26. The maximum absolute atomic E-state index is 5.08. The van der Waals surface area contributed by atoms with Crippen molar-refractivity contribution in [3.8, 4) is 56.4 Å². The first-order chi connectivity index (χ1) is 24.8. The third kappa shape index (κ3) is 4.90. The van der Waals surface area contributed by atoms with Crippen LogP contribution >= 0.6 is 22.7 Å². The normalized spacial score (nSPS) is 11.6. The van der Waals surface area contributed by atoms with Crippen LogP contribution in [0, 0.1) is 0 Å². The van der Waals surface area contributed by atoms with E-state index in [9.17, 15) is 0 Å². The third-order valence-corrected chi connectivity index (χ3v) is 11.7. The molecule has 0 saturated carbocycles. The van der Waals surface area contributed by atoms with E-state index in [-0.39, 0.29) is 0 Å². The van der Waals surface area contributed by atoms with Crippen LogP contribution < -0.4 is 0 Å². The Morgan fingerprint density at radius 3 is 1.54 bits per heavy atom. The zero-order valence-electron chi connectivity index (χ0n) is 26.7. The Kier molecular flexibility index (Phi) is 6.86. The molecule has 0 spiro atoms. The average molecular weight is 674 g/mol. The van der Waals surface area contributed by atoms with E-state index in [4.69, 9.17) is 15.0 Å². The van der Waals surface area contributed by atoms with Crippen LogP contribution in [0.15, 0.2) is 164 Å². The number of aromatic nitrogens is 3. The molecule has 10 rings (SSSR count). The lowest BCUT2D eigenvalue weighted by molar-refractivity contribution is 1.07. The second-order valence-electron chi connectivity index (χ2n) is 12.4. The molecule has 50 heavy (non-hydrogen) atoms. The first kappa shape index (κ1) is 29.0. The Bertz CT molecular complexity index is 2810. The molecule has 234 valence electrons. The second-order valence-corrected chi connectivity index (χ2v) is 14.5. The van der Waals surface area contributed by atoms with Crippen LogP contribution in [0.2, 0.25) is 0 Å². The zero-order valence-corrected chi connectivity index (χ0v) is 28.4. The van der Waals surface area contributed by atoms with Crippen molar-refractivity contribution in [2.24, 2.45) is 0 Å². The van der Waals surface area contributed by atoms with E-state index in [0.29, 0.717) is 17.5 Å². The number of nitrogens with zero attached hydrogens (tertiary/aromatic N) is 3. The highest BCUT2D eigenvalue weighted by molar-refractivity contribution is 7.26. The van der Waals surface area contributed by atoms with Gasteiger partial charge in [0.05, 0.1) is 0 Å². The van der Waals surface area contributed by atoms with Crippen molar-refractivity contribution in [3.63, 3.8) is 0 Å². The lowest BCUT2D eigenvalue weighted by Crippen LogP contribution is -2.00. The highest BCUT2D eigenvalue weighted by Crippen LogP contribution is 2.45. The van der Waals surface area contributed by atoms with E-state index in [1.807, 2.05) is 59.1 Å². The molecule has 0 aliphatic heterocycles. The Morgan fingerprint density at radius 2 is 0.840 bits per heavy atom. The molecule has 0 saturated heterocycles. The van der Waals surface area contributed by atoms with E-state index < -0.39 is 0 Å². The Labute approximate surface area is 296 Å². The molecule has 0 atom stereocenters. The SMILES string of the molecule is c1ccc(-c2nc(-c3ccccc3)nc(-c3ccc(-c4cccc5c4sc4ccccc45)c(-c4ccc5sc6ccccc6c5c4)c3)n2)cc1. The van der Waals surface area contributed by atoms with Crippen LogP contribution in [0.3, 0.4) is 0 Å². The smallest absolute Gasteiger partial charge is 0.164 e. The van der Waals surface area contributed by atoms with Gasteiger partial charge in [0.2, 0.25) is 0 Å². The summed E-state index contributed by atoms with van der Waals surface area (Å²) in [6.07, 6.45) is 0. The van der Waals surface area contributed by atoms with Crippen molar-refractivity contribution in [3.05, 3.63) is 164 Å². The van der Waals surface area contributed by atoms with Gasteiger partial charge in [-0.2, -0.15) is 0 Å². The molecule has 0 radical (unpaired) electrons. The summed E-state index contributed by atoms with van der Waals surface area (Å²) >= 11 is 3.71. The summed E-state index contributed by atoms with van der Waals surface area (Å²) in [5.41, 5.74) is 7.58. The number of hydrogen-bond acceptors (Lipinski definition) is 5. The first-order valence-corrected chi connectivity index (χ1v) is 18.2. The molecule has 0 N–H and O–H groups in total. The third-order valence-electron chi connectivity index (χ3n) is 9.36. The van der Waals surface area contributed by atoms with E-state index in [2.05, 4.69) is 127 Å². The maximum atomic E-state index is 5.08. The van der Waals surface area contributed by atoms with Crippen LogP contribution in [-0.2, 0) is 0 Å². The fraction of sp³-hybridized carbons (Fsp3) is 0. The van der Waals surface area contributed by atoms with Crippen LogP contribution in [0.4, 0.5) is 0 Å². The number of fused-ring (bicyclic) bond motifs is 6. The Balaban J connectivity index is 1.23. The fourth-order valence-electron chi connectivity index (χ4n) is 6.95. The van der Waals surface area contributed by atoms with Crippen molar-refractivity contribution >= 4 is 63.0 Å². The van der Waals surface area contributed by atoms with Gasteiger partial charge in [0.15, 0.2) is 17.5 Å². The molecule has 0 bridgehead atoms. The minimum absolute atomic E-state index is 0.646. The summed E-state index contributed by atoms with van der Waals surface area (Å²) < 4.78 is 5.18. The van der Waals surface area contributed by atoms with Gasteiger partial charge in [0.1, 0.15) is 0 Å². The molecule has 0 fully saturated rings. The van der Waals surface area contributed by atoms with Gasteiger partial charge in [-0.25, -0.2) is 15.0 Å². The lowest BCUT2D eigenvalue weighted by Gasteiger charge is -2.15. The molecule has 0 unspecified atom stereocenters. The largest absolute Gasteiger partial charge is 0.208 e. The summed E-state index contributed by atoms with van der Waals surface area (Å²) in [7, 11) is 0. The van der Waals surface area contributed by atoms with Crippen LogP contribution in [0.5, 0.6) is 0 Å². The summed E-state index contributed by atoms with van der Waals surface area (Å²) in [5, 5.41) is 5.15. The monoisotopic (exact) mass is 673 g/mol. The average Bonchev–Trinajstić information content (AvgIpc) is 3.76. The van der Waals surface area contributed by atoms with Crippen molar-refractivity contribution in [1.29, 1.82) is 0 Å². The molecule has 5 heteroatoms. The molecular formula is C45H27N3S2. The molecule has 0 aliphatic rings. The quantitative estimate of drug-likeness (QED) is 0.182. The zero-order chi connectivity index (χ0) is 33.0. The molecule has 3 heterocycles. The number of thiophene rings is 2. The summed E-state index contributed by atoms with van der Waals surface area (Å²) in [4.78, 5) is 15.1. The maximum Gasteiger partial charge on any atom is 0.164 e. The van der Waals surface area contributed by atoms with Crippen LogP contribution in [0.25, 0.3) is 96.8 Å². The number of benzene rings is 7.